The number of nitrogens with one attached hydrogen (secondary N) is 1. The van der Waals surface area contributed by atoms with Gasteiger partial charge in [0, 0.05) is 17.0 Å². The highest BCUT2D eigenvalue weighted by Gasteiger charge is 2.20. The van der Waals surface area contributed by atoms with Crippen molar-refractivity contribution in [2.45, 2.75) is 38.6 Å². The summed E-state index contributed by atoms with van der Waals surface area (Å²) in [5, 5.41) is 3.05. The normalized spacial score (nSPS) is 12.9. The van der Waals surface area contributed by atoms with Crippen LogP contribution in [0.25, 0.3) is 11.3 Å². The van der Waals surface area contributed by atoms with E-state index in [-0.39, 0.29) is 6.04 Å². The van der Waals surface area contributed by atoms with Crippen LogP contribution in [0, 0.1) is 20.8 Å². The van der Waals surface area contributed by atoms with Crippen molar-refractivity contribution in [1.29, 1.82) is 0 Å². The third-order valence-electron chi connectivity index (χ3n) is 4.29. The second-order valence-electron chi connectivity index (χ2n) is 6.49. The van der Waals surface area contributed by atoms with Crippen molar-refractivity contribution >= 4 is 21.4 Å². The minimum Gasteiger partial charge on any atom is -0.242 e. The monoisotopic (exact) mass is 386 g/mol. The first-order valence-corrected chi connectivity index (χ1v) is 10.7. The minimum atomic E-state index is -3.58. The Hall–Kier alpha value is -2.02. The van der Waals surface area contributed by atoms with Crippen LogP contribution >= 0.6 is 11.3 Å². The van der Waals surface area contributed by atoms with Crippen LogP contribution in [0.15, 0.2) is 52.7 Å². The van der Waals surface area contributed by atoms with Crippen LogP contribution in [0.2, 0.25) is 0 Å². The van der Waals surface area contributed by atoms with E-state index in [1.807, 2.05) is 69.5 Å². The van der Waals surface area contributed by atoms with Gasteiger partial charge in [-0.25, -0.2) is 18.1 Å². The largest absolute Gasteiger partial charge is 0.242 e. The zero-order chi connectivity index (χ0) is 18.9. The lowest BCUT2D eigenvalue weighted by Gasteiger charge is -2.16. The molecule has 0 aliphatic rings. The molecule has 4 nitrogen and oxygen atoms in total. The first kappa shape index (κ1) is 18.8. The number of benzene rings is 2. The quantitative estimate of drug-likeness (QED) is 0.687. The highest BCUT2D eigenvalue weighted by molar-refractivity contribution is 7.89. The summed E-state index contributed by atoms with van der Waals surface area (Å²) >= 11 is 1.61. The maximum atomic E-state index is 12.8. The standard InChI is InChI=1S/C20H22N2O2S2/c1-13-5-6-14(2)20(11-13)26(23,24)22-15(3)17-7-9-18(10-8-17)19-12-25-16(4)21-19/h5-12,15,22H,1-4H3/t15-/m0/s1. The van der Waals surface area contributed by atoms with Crippen molar-refractivity contribution < 1.29 is 8.42 Å². The molecule has 0 aliphatic carbocycles. The average molecular weight is 387 g/mol. The Kier molecular flexibility index (Phi) is 5.27. The van der Waals surface area contributed by atoms with Crippen LogP contribution in [0.4, 0.5) is 0 Å². The molecule has 0 saturated heterocycles. The third kappa shape index (κ3) is 4.03. The van der Waals surface area contributed by atoms with Gasteiger partial charge in [0.2, 0.25) is 10.0 Å². The molecular weight excluding hydrogens is 364 g/mol. The summed E-state index contributed by atoms with van der Waals surface area (Å²) in [5.74, 6) is 0. The number of nitrogens with zero attached hydrogens (tertiary/aromatic N) is 1. The fraction of sp³-hybridized carbons (Fsp3) is 0.250. The van der Waals surface area contributed by atoms with E-state index in [1.54, 1.807) is 17.4 Å². The van der Waals surface area contributed by atoms with Crippen LogP contribution < -0.4 is 4.72 Å². The van der Waals surface area contributed by atoms with Gasteiger partial charge in [0.1, 0.15) is 0 Å². The molecule has 0 spiro atoms. The number of aromatic nitrogens is 1. The van der Waals surface area contributed by atoms with Crippen LogP contribution in [0.1, 0.15) is 34.7 Å². The van der Waals surface area contributed by atoms with Crippen LogP contribution in [-0.4, -0.2) is 13.4 Å². The highest BCUT2D eigenvalue weighted by atomic mass is 32.2. The minimum absolute atomic E-state index is 0.328. The van der Waals surface area contributed by atoms with Gasteiger partial charge in [0.05, 0.1) is 15.6 Å². The Balaban J connectivity index is 1.81. The molecule has 0 bridgehead atoms. The van der Waals surface area contributed by atoms with Crippen molar-refractivity contribution in [3.05, 3.63) is 69.5 Å². The molecule has 0 fully saturated rings. The van der Waals surface area contributed by atoms with E-state index in [4.69, 9.17) is 0 Å². The van der Waals surface area contributed by atoms with Crippen LogP contribution in [0.5, 0.6) is 0 Å². The maximum absolute atomic E-state index is 12.8. The average Bonchev–Trinajstić information content (AvgIpc) is 3.03. The van der Waals surface area contributed by atoms with E-state index in [2.05, 4.69) is 9.71 Å². The Morgan fingerprint density at radius 2 is 1.73 bits per heavy atom. The van der Waals surface area contributed by atoms with Gasteiger partial charge < -0.3 is 0 Å². The van der Waals surface area contributed by atoms with Gasteiger partial charge in [-0.15, -0.1) is 11.3 Å². The van der Waals surface area contributed by atoms with E-state index < -0.39 is 10.0 Å². The fourth-order valence-corrected chi connectivity index (χ4v) is 4.98. The van der Waals surface area contributed by atoms with Crippen molar-refractivity contribution in [3.63, 3.8) is 0 Å². The number of hydrogen-bond acceptors (Lipinski definition) is 4. The SMILES string of the molecule is Cc1ccc(C)c(S(=O)(=O)N[C@@H](C)c2ccc(-c3csc(C)n3)cc2)c1. The lowest BCUT2D eigenvalue weighted by atomic mass is 10.1. The number of rotatable bonds is 5. The molecule has 1 N–H and O–H groups in total. The van der Waals surface area contributed by atoms with E-state index in [0.29, 0.717) is 4.90 Å². The van der Waals surface area contributed by atoms with Crippen molar-refractivity contribution in [1.82, 2.24) is 9.71 Å². The molecule has 0 aliphatic heterocycles. The maximum Gasteiger partial charge on any atom is 0.241 e. The first-order valence-electron chi connectivity index (χ1n) is 8.38. The summed E-state index contributed by atoms with van der Waals surface area (Å²) in [6.07, 6.45) is 0. The molecular formula is C20H22N2O2S2. The summed E-state index contributed by atoms with van der Waals surface area (Å²) in [7, 11) is -3.58. The van der Waals surface area contributed by atoms with Crippen LogP contribution in [0.3, 0.4) is 0 Å². The topological polar surface area (TPSA) is 59.1 Å². The third-order valence-corrected chi connectivity index (χ3v) is 6.75. The zero-order valence-corrected chi connectivity index (χ0v) is 16.9. The summed E-state index contributed by atoms with van der Waals surface area (Å²) in [5.41, 5.74) is 4.55. The van der Waals surface area contributed by atoms with Gasteiger partial charge in [-0.1, -0.05) is 36.4 Å². The van der Waals surface area contributed by atoms with Gasteiger partial charge >= 0.3 is 0 Å². The lowest BCUT2D eigenvalue weighted by molar-refractivity contribution is 0.566. The molecule has 2 aromatic carbocycles. The second-order valence-corrected chi connectivity index (χ2v) is 9.23. The van der Waals surface area contributed by atoms with Gasteiger partial charge in [-0.3, -0.25) is 0 Å². The fourth-order valence-electron chi connectivity index (χ4n) is 2.80. The predicted octanol–water partition coefficient (Wildman–Crippen LogP) is 4.77. The summed E-state index contributed by atoms with van der Waals surface area (Å²) in [4.78, 5) is 4.81. The van der Waals surface area contributed by atoms with Crippen molar-refractivity contribution in [3.8, 4) is 11.3 Å². The van der Waals surface area contributed by atoms with Crippen molar-refractivity contribution in [2.24, 2.45) is 0 Å². The number of sulfonamides is 1. The summed E-state index contributed by atoms with van der Waals surface area (Å²) < 4.78 is 28.3. The number of thiazole rings is 1. The molecule has 3 aromatic rings. The second kappa shape index (κ2) is 7.31. The number of hydrogen-bond donors (Lipinski definition) is 1. The smallest absolute Gasteiger partial charge is 0.241 e. The molecule has 1 atom stereocenters. The predicted molar refractivity (Wildman–Crippen MR) is 107 cm³/mol. The van der Waals surface area contributed by atoms with Gasteiger partial charge in [0.15, 0.2) is 0 Å². The molecule has 1 aromatic heterocycles. The van der Waals surface area contributed by atoms with E-state index in [1.165, 1.54) is 0 Å². The Morgan fingerprint density at radius 1 is 1.04 bits per heavy atom. The van der Waals surface area contributed by atoms with E-state index in [0.717, 1.165) is 33.0 Å². The number of aryl methyl sites for hydroxylation is 3. The zero-order valence-electron chi connectivity index (χ0n) is 15.3. The lowest BCUT2D eigenvalue weighted by Crippen LogP contribution is -2.27. The van der Waals surface area contributed by atoms with Gasteiger partial charge in [0.25, 0.3) is 0 Å². The van der Waals surface area contributed by atoms with Crippen molar-refractivity contribution in [2.75, 3.05) is 0 Å². The summed E-state index contributed by atoms with van der Waals surface area (Å²) in [6, 6.07) is 13.0. The Labute approximate surface area is 159 Å². The Morgan fingerprint density at radius 3 is 2.35 bits per heavy atom. The first-order chi connectivity index (χ1) is 12.3. The van der Waals surface area contributed by atoms with Crippen LogP contribution in [-0.2, 0) is 10.0 Å². The van der Waals surface area contributed by atoms with E-state index in [9.17, 15) is 8.42 Å². The molecule has 0 amide bonds. The molecule has 26 heavy (non-hydrogen) atoms. The summed E-state index contributed by atoms with van der Waals surface area (Å²) in [6.45, 7) is 7.53. The molecule has 136 valence electrons. The highest BCUT2D eigenvalue weighted by Crippen LogP contribution is 2.25. The van der Waals surface area contributed by atoms with Gasteiger partial charge in [-0.2, -0.15) is 0 Å². The van der Waals surface area contributed by atoms with Gasteiger partial charge in [-0.05, 0) is 50.5 Å². The molecule has 0 saturated carbocycles. The molecule has 1 heterocycles. The molecule has 6 heteroatoms. The molecule has 0 unspecified atom stereocenters. The molecule has 0 radical (unpaired) electrons. The Bertz CT molecular complexity index is 1020. The van der Waals surface area contributed by atoms with E-state index >= 15 is 0 Å². The molecule has 3 rings (SSSR count).